The zero-order chi connectivity index (χ0) is 34.3. The summed E-state index contributed by atoms with van der Waals surface area (Å²) in [5.41, 5.74) is 1.84. The van der Waals surface area contributed by atoms with E-state index in [1.54, 1.807) is 35.1 Å². The van der Waals surface area contributed by atoms with Crippen LogP contribution in [0, 0.1) is 25.7 Å². The summed E-state index contributed by atoms with van der Waals surface area (Å²) in [5, 5.41) is 10.5. The third-order valence-corrected chi connectivity index (χ3v) is 10.6. The van der Waals surface area contributed by atoms with Gasteiger partial charge in [0, 0.05) is 25.7 Å². The monoisotopic (exact) mass is 655 g/mol. The molecule has 10 nitrogen and oxygen atoms in total. The minimum absolute atomic E-state index is 0.0895. The summed E-state index contributed by atoms with van der Waals surface area (Å²) < 4.78 is 13.2. The molecule has 10 heteroatoms. The summed E-state index contributed by atoms with van der Waals surface area (Å²) in [5.74, 6) is -3.67. The number of cyclic esters (lactones) is 1. The van der Waals surface area contributed by atoms with Crippen LogP contribution >= 0.6 is 0 Å². The van der Waals surface area contributed by atoms with E-state index in [9.17, 15) is 24.3 Å². The number of esters is 1. The van der Waals surface area contributed by atoms with Crippen LogP contribution < -0.4 is 4.90 Å². The molecule has 6 rings (SSSR count). The standard InChI is InChI=1S/C38H45N3O7/c1-6-27(22-42)41-34-36(45)40(28-21-23(2)17-18-24(28)3)20-12-19-38(34)32(35(41)44)31-29(48-38)15-10-11-16-30(43)39(5)25(4)33(47-37(31)46)26-13-8-7-9-14-26/h7-10,12-15,17-19,21,25,27,29,31-34,42H,6,11,16,20,22H2,1-5H3/b15-10-/t25-,27+,29-,31+,32+,33+,34-,38+/m1/s1. The summed E-state index contributed by atoms with van der Waals surface area (Å²) in [7, 11) is 1.70. The topological polar surface area (TPSA) is 117 Å². The van der Waals surface area contributed by atoms with Gasteiger partial charge in [0.2, 0.25) is 11.8 Å². The van der Waals surface area contributed by atoms with Crippen LogP contribution in [0.4, 0.5) is 5.69 Å². The number of carbonyl (C=O) groups is 4. The fourth-order valence-corrected chi connectivity index (χ4v) is 7.86. The number of ether oxygens (including phenoxy) is 2. The number of aliphatic hydroxyl groups excluding tert-OH is 1. The van der Waals surface area contributed by atoms with Crippen LogP contribution in [0.1, 0.15) is 55.9 Å². The van der Waals surface area contributed by atoms with Crippen LogP contribution in [0.15, 0.2) is 72.8 Å². The Labute approximate surface area is 282 Å². The van der Waals surface area contributed by atoms with Crippen LogP contribution in [-0.2, 0) is 28.7 Å². The van der Waals surface area contributed by atoms with Gasteiger partial charge in [0.25, 0.3) is 5.91 Å². The molecular weight excluding hydrogens is 610 g/mol. The van der Waals surface area contributed by atoms with Gasteiger partial charge in [-0.1, -0.05) is 73.7 Å². The Hall–Kier alpha value is -4.28. The SMILES string of the molecule is CC[C@@H](CO)N1C(=O)[C@@H]2[C@H]3C(=O)O[C@H](c4ccccc4)[C@@H](C)N(C)C(=O)CC/C=C\[C@H]3O[C@@]23C=CCN(c2cc(C)ccc2C)C(=O)[C@@H]13. The van der Waals surface area contributed by atoms with Crippen molar-refractivity contribution in [3.63, 3.8) is 0 Å². The van der Waals surface area contributed by atoms with Crippen LogP contribution in [0.25, 0.3) is 0 Å². The van der Waals surface area contributed by atoms with Gasteiger partial charge < -0.3 is 29.3 Å². The molecule has 3 amide bonds. The highest BCUT2D eigenvalue weighted by Gasteiger charge is 2.72. The molecule has 2 fully saturated rings. The lowest BCUT2D eigenvalue weighted by molar-refractivity contribution is -0.164. The molecule has 0 aliphatic carbocycles. The van der Waals surface area contributed by atoms with Crippen LogP contribution in [0.3, 0.4) is 0 Å². The maximum Gasteiger partial charge on any atom is 0.313 e. The van der Waals surface area contributed by atoms with Gasteiger partial charge in [-0.05, 0) is 56.4 Å². The fourth-order valence-electron chi connectivity index (χ4n) is 7.86. The predicted molar refractivity (Wildman–Crippen MR) is 180 cm³/mol. The van der Waals surface area contributed by atoms with Crippen LogP contribution in [0.2, 0.25) is 0 Å². The lowest BCUT2D eigenvalue weighted by Gasteiger charge is -2.38. The number of likely N-dealkylation sites (N-methyl/N-ethyl adjacent to an activating group) is 1. The maximum atomic E-state index is 14.8. The Morgan fingerprint density at radius 3 is 2.48 bits per heavy atom. The average molecular weight is 656 g/mol. The minimum Gasteiger partial charge on any atom is -0.455 e. The Bertz CT molecular complexity index is 1640. The quantitative estimate of drug-likeness (QED) is 0.382. The number of allylic oxidation sites excluding steroid dienone is 1. The van der Waals surface area contributed by atoms with Crippen molar-refractivity contribution in [1.29, 1.82) is 0 Å². The molecule has 0 radical (unpaired) electrons. The van der Waals surface area contributed by atoms with Gasteiger partial charge in [-0.3, -0.25) is 19.2 Å². The fraction of sp³-hybridized carbons (Fsp3) is 0.474. The minimum atomic E-state index is -1.50. The zero-order valence-corrected chi connectivity index (χ0v) is 28.2. The number of rotatable bonds is 5. The number of likely N-dealkylation sites (tertiary alicyclic amines) is 1. The highest BCUT2D eigenvalue weighted by atomic mass is 16.6. The molecule has 2 aromatic rings. The largest absolute Gasteiger partial charge is 0.455 e. The number of hydrogen-bond acceptors (Lipinski definition) is 7. The second-order valence-electron chi connectivity index (χ2n) is 13.5. The van der Waals surface area contributed by atoms with Gasteiger partial charge in [-0.2, -0.15) is 0 Å². The summed E-state index contributed by atoms with van der Waals surface area (Å²) in [6, 6.07) is 12.8. The van der Waals surface area contributed by atoms with Gasteiger partial charge in [0.05, 0.1) is 30.7 Å². The van der Waals surface area contributed by atoms with Crippen molar-refractivity contribution in [2.24, 2.45) is 11.8 Å². The number of aliphatic hydroxyl groups is 1. The number of benzene rings is 2. The van der Waals surface area contributed by atoms with Crippen molar-refractivity contribution >= 4 is 29.4 Å². The molecule has 1 N–H and O–H groups in total. The molecule has 0 unspecified atom stereocenters. The van der Waals surface area contributed by atoms with Gasteiger partial charge in [0.1, 0.15) is 23.7 Å². The van der Waals surface area contributed by atoms with E-state index < -0.39 is 59.6 Å². The molecule has 2 saturated heterocycles. The number of amides is 3. The number of carbonyl (C=O) groups excluding carboxylic acids is 4. The lowest BCUT2D eigenvalue weighted by atomic mass is 9.77. The molecule has 2 aromatic carbocycles. The van der Waals surface area contributed by atoms with E-state index >= 15 is 0 Å². The van der Waals surface area contributed by atoms with Crippen molar-refractivity contribution in [3.8, 4) is 0 Å². The first-order valence-electron chi connectivity index (χ1n) is 16.9. The van der Waals surface area contributed by atoms with E-state index in [1.165, 1.54) is 4.90 Å². The van der Waals surface area contributed by atoms with Gasteiger partial charge in [0.15, 0.2) is 0 Å². The third kappa shape index (κ3) is 5.54. The number of fused-ring (bicyclic) bond motifs is 2. The Morgan fingerprint density at radius 2 is 1.77 bits per heavy atom. The second kappa shape index (κ2) is 13.3. The average Bonchev–Trinajstić information content (AvgIpc) is 3.47. The molecule has 0 saturated carbocycles. The highest BCUT2D eigenvalue weighted by Crippen LogP contribution is 2.54. The van der Waals surface area contributed by atoms with E-state index in [2.05, 4.69) is 0 Å². The highest BCUT2D eigenvalue weighted by molar-refractivity contribution is 6.06. The Kier molecular flexibility index (Phi) is 9.33. The molecular formula is C38H45N3O7. The summed E-state index contributed by atoms with van der Waals surface area (Å²) >= 11 is 0. The van der Waals surface area contributed by atoms with Crippen LogP contribution in [-0.4, -0.2) is 88.6 Å². The molecule has 0 bridgehead atoms. The zero-order valence-electron chi connectivity index (χ0n) is 28.2. The van der Waals surface area contributed by atoms with E-state index in [0.717, 1.165) is 16.8 Å². The van der Waals surface area contributed by atoms with Crippen molar-refractivity contribution in [1.82, 2.24) is 9.80 Å². The molecule has 0 aromatic heterocycles. The van der Waals surface area contributed by atoms with Gasteiger partial charge in [-0.25, -0.2) is 0 Å². The van der Waals surface area contributed by atoms with Gasteiger partial charge >= 0.3 is 5.97 Å². The van der Waals surface area contributed by atoms with E-state index in [1.807, 2.05) is 82.3 Å². The number of nitrogens with zero attached hydrogens (tertiary/aromatic N) is 3. The van der Waals surface area contributed by atoms with Crippen molar-refractivity contribution in [2.45, 2.75) is 82.9 Å². The lowest BCUT2D eigenvalue weighted by Crippen LogP contribution is -2.58. The number of anilines is 1. The molecule has 4 heterocycles. The molecule has 48 heavy (non-hydrogen) atoms. The predicted octanol–water partition coefficient (Wildman–Crippen LogP) is 4.04. The molecule has 254 valence electrons. The number of aryl methyl sites for hydroxylation is 2. The second-order valence-corrected chi connectivity index (χ2v) is 13.5. The van der Waals surface area contributed by atoms with Crippen molar-refractivity contribution in [2.75, 3.05) is 25.1 Å². The van der Waals surface area contributed by atoms with Crippen molar-refractivity contribution < 1.29 is 33.8 Å². The van der Waals surface area contributed by atoms with Crippen LogP contribution in [0.5, 0.6) is 0 Å². The maximum absolute atomic E-state index is 14.8. The number of hydrogen-bond donors (Lipinski definition) is 1. The third-order valence-electron chi connectivity index (χ3n) is 10.6. The molecule has 8 atom stereocenters. The van der Waals surface area contributed by atoms with E-state index in [0.29, 0.717) is 18.4 Å². The normalized spacial score (nSPS) is 32.1. The first-order valence-corrected chi connectivity index (χ1v) is 16.9. The van der Waals surface area contributed by atoms with Crippen molar-refractivity contribution in [3.05, 3.63) is 89.5 Å². The van der Waals surface area contributed by atoms with E-state index in [4.69, 9.17) is 9.47 Å². The molecule has 4 aliphatic heterocycles. The smallest absolute Gasteiger partial charge is 0.313 e. The Balaban J connectivity index is 1.48. The first-order chi connectivity index (χ1) is 23.0. The molecule has 4 aliphatic rings. The van der Waals surface area contributed by atoms with Gasteiger partial charge in [-0.15, -0.1) is 0 Å². The summed E-state index contributed by atoms with van der Waals surface area (Å²) in [4.78, 5) is 62.0. The van der Waals surface area contributed by atoms with E-state index in [-0.39, 0.29) is 31.4 Å². The molecule has 1 spiro atoms. The Morgan fingerprint density at radius 1 is 1.02 bits per heavy atom. The summed E-state index contributed by atoms with van der Waals surface area (Å²) in [6.45, 7) is 7.49. The summed E-state index contributed by atoms with van der Waals surface area (Å²) in [6.07, 6.45) is 6.51. The first kappa shape index (κ1) is 33.6.